The Morgan fingerprint density at radius 3 is 2.37 bits per heavy atom. The van der Waals surface area contributed by atoms with Gasteiger partial charge >= 0.3 is 6.18 Å². The molecule has 0 aliphatic heterocycles. The fourth-order valence-corrected chi connectivity index (χ4v) is 3.59. The van der Waals surface area contributed by atoms with Crippen LogP contribution in [0.25, 0.3) is 0 Å². The first-order valence-corrected chi connectivity index (χ1v) is 9.44. The Hall–Kier alpha value is -1.88. The molecule has 27 heavy (non-hydrogen) atoms. The van der Waals surface area contributed by atoms with Crippen molar-refractivity contribution in [2.24, 2.45) is 0 Å². The Bertz CT molecular complexity index is 943. The van der Waals surface area contributed by atoms with Gasteiger partial charge in [0.25, 0.3) is 5.56 Å². The Kier molecular flexibility index (Phi) is 6.68. The summed E-state index contributed by atoms with van der Waals surface area (Å²) in [6.45, 7) is 0.186. The van der Waals surface area contributed by atoms with Crippen molar-refractivity contribution < 1.29 is 26.3 Å². The highest BCUT2D eigenvalue weighted by Crippen LogP contribution is 2.34. The number of benzene rings is 1. The average molecular weight is 425 g/mol. The summed E-state index contributed by atoms with van der Waals surface area (Å²) in [4.78, 5) is 11.3. The minimum Gasteiger partial charge on any atom is -0.383 e. The third kappa shape index (κ3) is 5.55. The highest BCUT2D eigenvalue weighted by atomic mass is 35.5. The van der Waals surface area contributed by atoms with E-state index >= 15 is 0 Å². The number of alkyl halides is 3. The molecule has 0 radical (unpaired) electrons. The molecule has 0 bridgehead atoms. The van der Waals surface area contributed by atoms with Crippen LogP contribution in [0, 0.1) is 0 Å². The molecule has 2 rings (SSSR count). The number of rotatable bonds is 7. The molecule has 2 aromatic rings. The summed E-state index contributed by atoms with van der Waals surface area (Å²) >= 11 is 5.67. The number of halogens is 4. The van der Waals surface area contributed by atoms with Gasteiger partial charge in [0.05, 0.1) is 11.5 Å². The van der Waals surface area contributed by atoms with Gasteiger partial charge in [-0.1, -0.05) is 23.7 Å². The number of hydrogen-bond acceptors (Lipinski definition) is 4. The topological polar surface area (TPSA) is 77.4 Å². The summed E-state index contributed by atoms with van der Waals surface area (Å²) in [5, 5.41) is 0.216. The van der Waals surface area contributed by atoms with Crippen molar-refractivity contribution in [2.45, 2.75) is 23.7 Å². The molecule has 6 nitrogen and oxygen atoms in total. The number of nitrogens with zero attached hydrogens (tertiary/aromatic N) is 1. The van der Waals surface area contributed by atoms with E-state index in [1.807, 2.05) is 0 Å². The first kappa shape index (κ1) is 21.4. The van der Waals surface area contributed by atoms with Crippen LogP contribution in [0.4, 0.5) is 13.2 Å². The second-order valence-corrected chi connectivity index (χ2v) is 7.69. The monoisotopic (exact) mass is 424 g/mol. The second-order valence-electron chi connectivity index (χ2n) is 5.54. The summed E-state index contributed by atoms with van der Waals surface area (Å²) in [6.07, 6.45) is -3.91. The van der Waals surface area contributed by atoms with Gasteiger partial charge in [-0.3, -0.25) is 4.79 Å². The van der Waals surface area contributed by atoms with E-state index < -0.39 is 32.7 Å². The first-order chi connectivity index (χ1) is 12.5. The zero-order chi connectivity index (χ0) is 20.2. The molecule has 1 atom stereocenters. The molecule has 0 saturated heterocycles. The molecule has 0 fully saturated rings. The van der Waals surface area contributed by atoms with Crippen LogP contribution in [0.5, 0.6) is 0 Å². The lowest BCUT2D eigenvalue weighted by Gasteiger charge is -2.22. The molecule has 1 unspecified atom stereocenters. The normalized spacial score (nSPS) is 13.5. The number of pyridine rings is 1. The van der Waals surface area contributed by atoms with Crippen molar-refractivity contribution in [3.63, 3.8) is 0 Å². The zero-order valence-electron chi connectivity index (χ0n) is 14.0. The molecule has 0 aliphatic carbocycles. The van der Waals surface area contributed by atoms with Crippen LogP contribution in [-0.4, -0.2) is 32.9 Å². The van der Waals surface area contributed by atoms with Crippen molar-refractivity contribution in [1.29, 1.82) is 0 Å². The van der Waals surface area contributed by atoms with Gasteiger partial charge < -0.3 is 9.30 Å². The van der Waals surface area contributed by atoms with E-state index in [-0.39, 0.29) is 23.7 Å². The van der Waals surface area contributed by atoms with Gasteiger partial charge in [0.1, 0.15) is 6.04 Å². The second kappa shape index (κ2) is 8.42. The van der Waals surface area contributed by atoms with Crippen molar-refractivity contribution in [3.05, 3.63) is 63.5 Å². The van der Waals surface area contributed by atoms with Crippen LogP contribution in [0.3, 0.4) is 0 Å². The van der Waals surface area contributed by atoms with Gasteiger partial charge in [-0.2, -0.15) is 17.9 Å². The average Bonchev–Trinajstić information content (AvgIpc) is 2.59. The van der Waals surface area contributed by atoms with Crippen molar-refractivity contribution >= 4 is 21.6 Å². The summed E-state index contributed by atoms with van der Waals surface area (Å²) in [7, 11) is -3.17. The van der Waals surface area contributed by atoms with E-state index in [9.17, 15) is 26.4 Å². The number of hydrogen-bond donors (Lipinski definition) is 1. The molecule has 1 heterocycles. The third-order valence-corrected chi connectivity index (χ3v) is 5.27. The van der Waals surface area contributed by atoms with E-state index in [1.165, 1.54) is 19.2 Å². The van der Waals surface area contributed by atoms with Crippen LogP contribution < -0.4 is 10.3 Å². The van der Waals surface area contributed by atoms with Crippen LogP contribution >= 0.6 is 11.6 Å². The molecule has 0 amide bonds. The zero-order valence-corrected chi connectivity index (χ0v) is 15.6. The maximum absolute atomic E-state index is 13.4. The number of methoxy groups -OCH3 is 1. The highest BCUT2D eigenvalue weighted by Gasteiger charge is 2.43. The number of sulfonamides is 1. The minimum atomic E-state index is -4.88. The Morgan fingerprint density at radius 2 is 1.81 bits per heavy atom. The molecule has 1 aromatic heterocycles. The summed E-state index contributed by atoms with van der Waals surface area (Å²) in [5.74, 6) is 0. The van der Waals surface area contributed by atoms with Crippen molar-refractivity contribution in [1.82, 2.24) is 9.29 Å². The SMILES string of the molecule is COCCn1cc(S(=O)(=O)NC(c2ccc(Cl)cc2)C(F)(F)F)ccc1=O. The summed E-state index contributed by atoms with van der Waals surface area (Å²) in [6, 6.07) is 4.08. The molecule has 0 spiro atoms. The maximum Gasteiger partial charge on any atom is 0.408 e. The quantitative estimate of drug-likeness (QED) is 0.741. The van der Waals surface area contributed by atoms with E-state index in [0.717, 1.165) is 35.0 Å². The van der Waals surface area contributed by atoms with Gasteiger partial charge in [-0.05, 0) is 23.8 Å². The lowest BCUT2D eigenvalue weighted by molar-refractivity contribution is -0.153. The lowest BCUT2D eigenvalue weighted by atomic mass is 10.1. The van der Waals surface area contributed by atoms with Gasteiger partial charge in [-0.25, -0.2) is 8.42 Å². The Labute approximate surface area is 158 Å². The summed E-state index contributed by atoms with van der Waals surface area (Å²) < 4.78 is 72.8. The molecule has 148 valence electrons. The number of nitrogens with one attached hydrogen (secondary N) is 1. The Balaban J connectivity index is 2.39. The number of aromatic nitrogens is 1. The van der Waals surface area contributed by atoms with Gasteiger partial charge in [0.2, 0.25) is 10.0 Å². The van der Waals surface area contributed by atoms with Gasteiger partial charge in [-0.15, -0.1) is 0 Å². The van der Waals surface area contributed by atoms with E-state index in [2.05, 4.69) is 0 Å². The lowest BCUT2D eigenvalue weighted by Crippen LogP contribution is -2.38. The first-order valence-electron chi connectivity index (χ1n) is 7.58. The minimum absolute atomic E-state index is 0.0541. The molecule has 0 aliphatic rings. The third-order valence-electron chi connectivity index (χ3n) is 3.61. The van der Waals surface area contributed by atoms with Crippen molar-refractivity contribution in [3.8, 4) is 0 Å². The molecular weight excluding hydrogens is 409 g/mol. The molecule has 0 saturated carbocycles. The van der Waals surface area contributed by atoms with Gasteiger partial charge in [0, 0.05) is 30.9 Å². The Morgan fingerprint density at radius 1 is 1.19 bits per heavy atom. The van der Waals surface area contributed by atoms with Crippen LogP contribution in [0.15, 0.2) is 52.3 Å². The predicted octanol–water partition coefficient (Wildman–Crippen LogP) is 2.73. The van der Waals surface area contributed by atoms with Crippen LogP contribution in [0.1, 0.15) is 11.6 Å². The molecule has 1 aromatic carbocycles. The maximum atomic E-state index is 13.4. The van der Waals surface area contributed by atoms with E-state index in [1.54, 1.807) is 4.72 Å². The van der Waals surface area contributed by atoms with Crippen LogP contribution in [0.2, 0.25) is 5.02 Å². The molecule has 11 heteroatoms. The standard InChI is InChI=1S/C16H16ClF3N2O4S/c1-26-9-8-22-10-13(6-7-14(22)23)27(24,25)21-15(16(18,19)20)11-2-4-12(17)5-3-11/h2-7,10,15,21H,8-9H2,1H3. The molecule has 1 N–H and O–H groups in total. The predicted molar refractivity (Wildman–Crippen MR) is 93.1 cm³/mol. The highest BCUT2D eigenvalue weighted by molar-refractivity contribution is 7.89. The fourth-order valence-electron chi connectivity index (χ4n) is 2.24. The van der Waals surface area contributed by atoms with Crippen LogP contribution in [-0.2, 0) is 21.3 Å². The summed E-state index contributed by atoms with van der Waals surface area (Å²) in [5.41, 5.74) is -0.820. The smallest absolute Gasteiger partial charge is 0.383 e. The fraction of sp³-hybridized carbons (Fsp3) is 0.312. The van der Waals surface area contributed by atoms with E-state index in [0.29, 0.717) is 0 Å². The van der Waals surface area contributed by atoms with Gasteiger partial charge in [0.15, 0.2) is 0 Å². The largest absolute Gasteiger partial charge is 0.408 e. The molecular formula is C16H16ClF3N2O4S. The van der Waals surface area contributed by atoms with Crippen molar-refractivity contribution in [2.75, 3.05) is 13.7 Å². The van der Waals surface area contributed by atoms with E-state index in [4.69, 9.17) is 16.3 Å². The number of ether oxygens (including phenoxy) is 1.